The molecule has 0 bridgehead atoms. The number of nitrogens with zero attached hydrogens (tertiary/aromatic N) is 1. The number of carbonyl (C=O) groups is 3. The second-order valence-corrected chi connectivity index (χ2v) is 22.3. The van der Waals surface area contributed by atoms with Crippen molar-refractivity contribution in [3.63, 3.8) is 0 Å². The first-order valence-electron chi connectivity index (χ1n) is 32.3. The predicted octanol–water partition coefficient (Wildman–Crippen LogP) is 18.5. The molecule has 0 rings (SSSR count). The fourth-order valence-corrected chi connectivity index (χ4v) is 8.51. The average Bonchev–Trinajstić information content (AvgIpc) is 3.44. The Morgan fingerprint density at radius 1 is 0.370 bits per heavy atom. The van der Waals surface area contributed by atoms with E-state index >= 15 is 0 Å². The number of quaternary nitrogens is 1. The van der Waals surface area contributed by atoms with Gasteiger partial charge in [-0.1, -0.05) is 257 Å². The zero-order valence-corrected chi connectivity index (χ0v) is 52.4. The van der Waals surface area contributed by atoms with Crippen LogP contribution in [-0.2, 0) is 33.3 Å². The predicted molar refractivity (Wildman–Crippen MR) is 343 cm³/mol. The molecule has 0 saturated carbocycles. The van der Waals surface area contributed by atoms with E-state index in [-0.39, 0.29) is 38.6 Å². The third-order valence-electron chi connectivity index (χ3n) is 13.4. The molecule has 0 N–H and O–H groups in total. The molecule has 0 aliphatic rings. The first kappa shape index (κ1) is 76.4. The number of hydrogen-bond donors (Lipinski definition) is 0. The molecule has 0 aromatic heterocycles. The molecule has 2 unspecified atom stereocenters. The molecule has 9 heteroatoms. The van der Waals surface area contributed by atoms with Gasteiger partial charge in [0.2, 0.25) is 0 Å². The maximum absolute atomic E-state index is 12.9. The summed E-state index contributed by atoms with van der Waals surface area (Å²) in [5.74, 6) is -2.30. The number of esters is 2. The van der Waals surface area contributed by atoms with Crippen LogP contribution in [0.25, 0.3) is 0 Å². The molecule has 0 aliphatic carbocycles. The second-order valence-electron chi connectivity index (χ2n) is 22.3. The summed E-state index contributed by atoms with van der Waals surface area (Å²) < 4.78 is 22.7. The lowest BCUT2D eigenvalue weighted by atomic mass is 10.0. The van der Waals surface area contributed by atoms with Crippen molar-refractivity contribution in [2.45, 2.75) is 257 Å². The minimum Gasteiger partial charge on any atom is -0.545 e. The van der Waals surface area contributed by atoms with Gasteiger partial charge < -0.3 is 33.3 Å². The van der Waals surface area contributed by atoms with E-state index in [0.29, 0.717) is 17.4 Å². The summed E-state index contributed by atoms with van der Waals surface area (Å²) in [6.07, 6.45) is 85.1. The number of hydrogen-bond acceptors (Lipinski definition) is 8. The number of rotatable bonds is 58. The molecule has 0 aromatic rings. The van der Waals surface area contributed by atoms with Crippen molar-refractivity contribution < 1.29 is 42.9 Å². The largest absolute Gasteiger partial charge is 0.545 e. The number of likely N-dealkylation sites (N-methyl/N-ethyl adjacent to an activating group) is 1. The lowest BCUT2D eigenvalue weighted by molar-refractivity contribution is -0.870. The van der Waals surface area contributed by atoms with Gasteiger partial charge in [-0.3, -0.25) is 9.59 Å². The summed E-state index contributed by atoms with van der Waals surface area (Å²) in [5, 5.41) is 11.8. The summed E-state index contributed by atoms with van der Waals surface area (Å²) in [6, 6.07) is 0. The summed E-state index contributed by atoms with van der Waals surface area (Å²) in [7, 11) is 5.92. The van der Waals surface area contributed by atoms with Gasteiger partial charge in [0.15, 0.2) is 12.4 Å². The molecule has 81 heavy (non-hydrogen) atoms. The standard InChI is InChI=1S/C72H119NO8/c1-6-8-10-12-14-16-18-20-22-24-26-28-29-30-31-32-33-34-35-36-37-38-39-40-41-43-45-47-49-51-53-55-57-59-61-63-70(75)81-68(67-80-72(71(76)77)78-65-64-73(3,4)5)66-79-69(74)62-60-58-56-54-52-50-48-46-44-42-27-25-23-21-19-17-15-13-11-9-7-2/h8-11,14-17,20-23,26-28,30-31,33-34,36-37,42,68,72H,6-7,12-13,18-19,24-25,29,32,35,38-41,43-67H2,1-5H3/b10-8-,11-9-,16-14-,17-15-,22-20-,23-21-,28-26-,31-30-,34-33-,37-36-,42-27-. The summed E-state index contributed by atoms with van der Waals surface area (Å²) in [6.45, 7) is 4.51. The quantitative estimate of drug-likeness (QED) is 0.0195. The number of carboxylic acids is 1. The first-order valence-corrected chi connectivity index (χ1v) is 32.3. The van der Waals surface area contributed by atoms with Gasteiger partial charge in [0.25, 0.3) is 0 Å². The Hall–Kier alpha value is -4.57. The lowest BCUT2D eigenvalue weighted by Crippen LogP contribution is -2.44. The Morgan fingerprint density at radius 3 is 0.988 bits per heavy atom. The highest BCUT2D eigenvalue weighted by Crippen LogP contribution is 2.16. The third-order valence-corrected chi connectivity index (χ3v) is 13.4. The number of carbonyl (C=O) groups excluding carboxylic acids is 3. The molecule has 2 atom stereocenters. The molecule has 0 aromatic carbocycles. The molecule has 0 saturated heterocycles. The molecular weight excluding hydrogens is 1010 g/mol. The van der Waals surface area contributed by atoms with Crippen molar-refractivity contribution in [3.8, 4) is 0 Å². The van der Waals surface area contributed by atoms with Gasteiger partial charge in [0.1, 0.15) is 13.2 Å². The van der Waals surface area contributed by atoms with Gasteiger partial charge in [-0.05, 0) is 109 Å². The number of ether oxygens (including phenoxy) is 4. The Bertz CT molecular complexity index is 1790. The molecular formula is C72H119NO8. The average molecular weight is 1130 g/mol. The number of allylic oxidation sites excluding steroid dienone is 22. The van der Waals surface area contributed by atoms with Crippen LogP contribution in [0.3, 0.4) is 0 Å². The van der Waals surface area contributed by atoms with E-state index in [2.05, 4.69) is 148 Å². The van der Waals surface area contributed by atoms with Crippen LogP contribution in [0, 0.1) is 0 Å². The van der Waals surface area contributed by atoms with Crippen molar-refractivity contribution in [2.24, 2.45) is 0 Å². The van der Waals surface area contributed by atoms with Gasteiger partial charge >= 0.3 is 11.9 Å². The second kappa shape index (κ2) is 61.5. The van der Waals surface area contributed by atoms with Gasteiger partial charge in [-0.2, -0.15) is 0 Å². The zero-order chi connectivity index (χ0) is 59.1. The number of carboxylic acid groups (broad SMARTS) is 1. The van der Waals surface area contributed by atoms with E-state index in [1.807, 2.05) is 21.1 Å². The summed E-state index contributed by atoms with van der Waals surface area (Å²) in [4.78, 5) is 37.4. The fraction of sp³-hybridized carbons (Fsp3) is 0.653. The summed E-state index contributed by atoms with van der Waals surface area (Å²) in [5.41, 5.74) is 0. The minimum atomic E-state index is -1.63. The van der Waals surface area contributed by atoms with E-state index in [0.717, 1.165) is 122 Å². The van der Waals surface area contributed by atoms with E-state index in [1.165, 1.54) is 89.9 Å². The normalized spacial score (nSPS) is 13.6. The molecule has 460 valence electrons. The molecule has 0 spiro atoms. The number of aliphatic carboxylic acids is 1. The SMILES string of the molecule is CC/C=C\C/C=C\C/C=C\C/C=C\C/C=C\C/C=C\C/C=C\CCCCCCCCCCCCCCCC(=O)OC(COC(=O)CCCCCCCCCC/C=C\C/C=C\C/C=C\C/C=C\CC)COC(OCC[N+](C)(C)C)C(=O)[O-]. The highest BCUT2D eigenvalue weighted by atomic mass is 16.7. The molecule has 0 fully saturated rings. The van der Waals surface area contributed by atoms with Gasteiger partial charge in [0, 0.05) is 12.8 Å². The van der Waals surface area contributed by atoms with E-state index in [1.54, 1.807) is 0 Å². The van der Waals surface area contributed by atoms with Crippen LogP contribution >= 0.6 is 0 Å². The van der Waals surface area contributed by atoms with Crippen LogP contribution in [-0.4, -0.2) is 82.3 Å². The topological polar surface area (TPSA) is 111 Å². The Morgan fingerprint density at radius 2 is 0.667 bits per heavy atom. The smallest absolute Gasteiger partial charge is 0.306 e. The van der Waals surface area contributed by atoms with Crippen LogP contribution in [0.2, 0.25) is 0 Å². The highest BCUT2D eigenvalue weighted by molar-refractivity contribution is 5.70. The number of unbranched alkanes of at least 4 members (excludes halogenated alkanes) is 21. The van der Waals surface area contributed by atoms with E-state index < -0.39 is 24.3 Å². The fourth-order valence-electron chi connectivity index (χ4n) is 8.51. The Labute approximate surface area is 497 Å². The minimum absolute atomic E-state index is 0.140. The first-order chi connectivity index (χ1) is 39.6. The summed E-state index contributed by atoms with van der Waals surface area (Å²) >= 11 is 0. The lowest BCUT2D eigenvalue weighted by Gasteiger charge is -2.26. The van der Waals surface area contributed by atoms with Crippen molar-refractivity contribution >= 4 is 17.9 Å². The Kier molecular flexibility index (Phi) is 58.0. The molecule has 0 heterocycles. The van der Waals surface area contributed by atoms with Gasteiger partial charge in [-0.25, -0.2) is 0 Å². The maximum Gasteiger partial charge on any atom is 0.306 e. The zero-order valence-electron chi connectivity index (χ0n) is 52.4. The molecule has 0 aliphatic heterocycles. The monoisotopic (exact) mass is 1130 g/mol. The van der Waals surface area contributed by atoms with Crippen molar-refractivity contribution in [3.05, 3.63) is 134 Å². The van der Waals surface area contributed by atoms with Crippen LogP contribution in [0.1, 0.15) is 245 Å². The maximum atomic E-state index is 12.9. The van der Waals surface area contributed by atoms with Gasteiger partial charge in [-0.15, -0.1) is 0 Å². The van der Waals surface area contributed by atoms with Crippen molar-refractivity contribution in [1.29, 1.82) is 0 Å². The van der Waals surface area contributed by atoms with Crippen LogP contribution in [0.4, 0.5) is 0 Å². The Balaban J connectivity index is 4.18. The third kappa shape index (κ3) is 62.9. The molecule has 9 nitrogen and oxygen atoms in total. The van der Waals surface area contributed by atoms with Crippen molar-refractivity contribution in [2.75, 3.05) is 47.5 Å². The van der Waals surface area contributed by atoms with Crippen LogP contribution < -0.4 is 5.11 Å². The van der Waals surface area contributed by atoms with Crippen molar-refractivity contribution in [1.82, 2.24) is 0 Å². The van der Waals surface area contributed by atoms with Crippen LogP contribution in [0.15, 0.2) is 134 Å². The van der Waals surface area contributed by atoms with Gasteiger partial charge in [0.05, 0.1) is 40.3 Å². The van der Waals surface area contributed by atoms with E-state index in [4.69, 9.17) is 18.9 Å². The molecule has 0 amide bonds. The van der Waals surface area contributed by atoms with E-state index in [9.17, 15) is 19.5 Å². The molecule has 0 radical (unpaired) electrons. The van der Waals surface area contributed by atoms with Crippen LogP contribution in [0.5, 0.6) is 0 Å². The highest BCUT2D eigenvalue weighted by Gasteiger charge is 2.22.